The van der Waals surface area contributed by atoms with Gasteiger partial charge in [0.1, 0.15) is 12.3 Å². The summed E-state index contributed by atoms with van der Waals surface area (Å²) in [6.07, 6.45) is -0.182. The van der Waals surface area contributed by atoms with Crippen LogP contribution in [0, 0.1) is 0 Å². The Hall–Kier alpha value is -3.68. The number of hydrogen-bond acceptors (Lipinski definition) is 5. The maximum Gasteiger partial charge on any atom is 0.305 e. The van der Waals surface area contributed by atoms with Crippen LogP contribution in [0.15, 0.2) is 49.0 Å². The monoisotopic (exact) mass is 397 g/mol. The largest absolute Gasteiger partial charge is 0.481 e. The summed E-state index contributed by atoms with van der Waals surface area (Å²) in [4.78, 5) is 45.4. The first-order valence-electron chi connectivity index (χ1n) is 8.99. The van der Waals surface area contributed by atoms with E-state index in [2.05, 4.69) is 22.5 Å². The molecule has 2 atom stereocenters. The Morgan fingerprint density at radius 3 is 2.48 bits per heavy atom. The van der Waals surface area contributed by atoms with Crippen LogP contribution >= 0.6 is 0 Å². The van der Waals surface area contributed by atoms with Crippen molar-refractivity contribution in [1.29, 1.82) is 0 Å². The number of carboxylic acids is 1. The van der Waals surface area contributed by atoms with Gasteiger partial charge in [0, 0.05) is 11.3 Å². The molecule has 2 rings (SSSR count). The molecule has 0 fully saturated rings. The number of carbonyl (C=O) groups excluding carboxylic acids is 3. The number of rotatable bonds is 10. The number of hydrogen-bond donors (Lipinski definition) is 4. The van der Waals surface area contributed by atoms with Crippen molar-refractivity contribution in [1.82, 2.24) is 16.0 Å². The van der Waals surface area contributed by atoms with Crippen molar-refractivity contribution in [2.45, 2.75) is 25.4 Å². The van der Waals surface area contributed by atoms with Crippen LogP contribution in [0.1, 0.15) is 18.9 Å². The Kier molecular flexibility index (Phi) is 7.47. The van der Waals surface area contributed by atoms with E-state index in [1.54, 1.807) is 6.92 Å². The lowest BCUT2D eigenvalue weighted by molar-refractivity contribution is -0.139. The molecule has 8 nitrogen and oxygen atoms in total. The molecule has 0 bridgehead atoms. The first-order chi connectivity index (χ1) is 13.8. The second-order valence-electron chi connectivity index (χ2n) is 6.50. The number of carboxylic acid groups (broad SMARTS) is 1. The molecule has 0 aliphatic heterocycles. The van der Waals surface area contributed by atoms with Crippen molar-refractivity contribution in [3.63, 3.8) is 0 Å². The number of aldehydes is 1. The number of amides is 2. The quantitative estimate of drug-likeness (QED) is 0.445. The Labute approximate surface area is 168 Å². The van der Waals surface area contributed by atoms with Gasteiger partial charge in [0.15, 0.2) is 0 Å². The minimum absolute atomic E-state index is 0.339. The van der Waals surface area contributed by atoms with Crippen molar-refractivity contribution < 1.29 is 24.3 Å². The lowest BCUT2D eigenvalue weighted by Crippen LogP contribution is -2.47. The van der Waals surface area contributed by atoms with Crippen LogP contribution in [0.2, 0.25) is 0 Å². The zero-order chi connectivity index (χ0) is 21.4. The Morgan fingerprint density at radius 1 is 1.10 bits per heavy atom. The highest BCUT2D eigenvalue weighted by atomic mass is 16.4. The van der Waals surface area contributed by atoms with Crippen molar-refractivity contribution in [2.24, 2.45) is 0 Å². The summed E-state index contributed by atoms with van der Waals surface area (Å²) in [5.74, 6) is -2.31. The molecule has 2 aromatic rings. The van der Waals surface area contributed by atoms with Crippen LogP contribution in [0.4, 0.5) is 0 Å². The maximum absolute atomic E-state index is 12.3. The summed E-state index contributed by atoms with van der Waals surface area (Å²) in [6.45, 7) is 5.25. The number of fused-ring (bicyclic) bond motifs is 1. The molecule has 2 aromatic carbocycles. The Balaban J connectivity index is 1.90. The summed E-state index contributed by atoms with van der Waals surface area (Å²) in [5, 5.41) is 18.4. The molecular formula is C21H23N3O5. The van der Waals surface area contributed by atoms with Gasteiger partial charge in [0.05, 0.1) is 19.0 Å². The molecule has 0 radical (unpaired) electrons. The predicted molar refractivity (Wildman–Crippen MR) is 109 cm³/mol. The van der Waals surface area contributed by atoms with Crippen LogP contribution in [-0.2, 0) is 19.2 Å². The van der Waals surface area contributed by atoms with Crippen LogP contribution in [0.5, 0.6) is 0 Å². The molecule has 0 heterocycles. The smallest absolute Gasteiger partial charge is 0.305 e. The van der Waals surface area contributed by atoms with Gasteiger partial charge in [-0.15, -0.1) is 0 Å². The number of nitrogens with one attached hydrogen (secondary N) is 3. The lowest BCUT2D eigenvalue weighted by Gasteiger charge is -2.18. The van der Waals surface area contributed by atoms with Crippen molar-refractivity contribution in [3.8, 4) is 0 Å². The first-order valence-corrected chi connectivity index (χ1v) is 8.99. The number of benzene rings is 2. The minimum Gasteiger partial charge on any atom is -0.481 e. The molecule has 4 N–H and O–H groups in total. The predicted octanol–water partition coefficient (Wildman–Crippen LogP) is 1.06. The van der Waals surface area contributed by atoms with Gasteiger partial charge in [-0.1, -0.05) is 49.0 Å². The first kappa shape index (κ1) is 21.6. The highest BCUT2D eigenvalue weighted by molar-refractivity contribution is 5.94. The molecule has 8 heteroatoms. The minimum atomic E-state index is -1.21. The van der Waals surface area contributed by atoms with Gasteiger partial charge in [-0.05, 0) is 17.7 Å². The Morgan fingerprint density at radius 2 is 1.79 bits per heavy atom. The summed E-state index contributed by atoms with van der Waals surface area (Å²) >= 11 is 0. The van der Waals surface area contributed by atoms with E-state index in [1.807, 2.05) is 42.5 Å². The highest BCUT2D eigenvalue weighted by Gasteiger charge is 2.18. The van der Waals surface area contributed by atoms with E-state index in [1.165, 1.54) is 0 Å². The van der Waals surface area contributed by atoms with Gasteiger partial charge in [0.2, 0.25) is 11.8 Å². The van der Waals surface area contributed by atoms with Crippen LogP contribution in [-0.4, -0.2) is 47.8 Å². The van der Waals surface area contributed by atoms with E-state index in [0.29, 0.717) is 12.0 Å². The van der Waals surface area contributed by atoms with Gasteiger partial charge in [-0.25, -0.2) is 0 Å². The molecule has 0 aliphatic carbocycles. The molecule has 2 amide bonds. The maximum atomic E-state index is 12.3. The second kappa shape index (κ2) is 10.0. The van der Waals surface area contributed by atoms with Crippen molar-refractivity contribution in [3.05, 3.63) is 54.6 Å². The van der Waals surface area contributed by atoms with E-state index in [0.717, 1.165) is 16.3 Å². The zero-order valence-corrected chi connectivity index (χ0v) is 16.0. The zero-order valence-electron chi connectivity index (χ0n) is 16.0. The molecule has 0 aromatic heterocycles. The SMILES string of the molecule is C=C(N[C@@H](C)C(=O)NCC(=O)N[C@H](C=O)CC(=O)O)c1cccc2ccccc12. The highest BCUT2D eigenvalue weighted by Crippen LogP contribution is 2.23. The fourth-order valence-electron chi connectivity index (χ4n) is 2.79. The second-order valence-corrected chi connectivity index (χ2v) is 6.50. The van der Waals surface area contributed by atoms with Gasteiger partial charge in [-0.3, -0.25) is 14.4 Å². The third-order valence-corrected chi connectivity index (χ3v) is 4.23. The van der Waals surface area contributed by atoms with E-state index in [4.69, 9.17) is 5.11 Å². The number of carbonyl (C=O) groups is 4. The van der Waals surface area contributed by atoms with Crippen molar-refractivity contribution >= 4 is 40.5 Å². The fourth-order valence-corrected chi connectivity index (χ4v) is 2.79. The van der Waals surface area contributed by atoms with E-state index < -0.39 is 36.3 Å². The standard InChI is InChI=1S/C21H23N3O5/c1-13(17-9-5-7-15-6-3-4-8-18(15)17)23-14(2)21(29)22-11-19(26)24-16(12-25)10-20(27)28/h3-9,12,14,16,23H,1,10-11H2,2H3,(H,22,29)(H,24,26)(H,27,28)/t14-,16-/m0/s1. The van der Waals surface area contributed by atoms with E-state index in [-0.39, 0.29) is 6.54 Å². The van der Waals surface area contributed by atoms with E-state index >= 15 is 0 Å². The summed E-state index contributed by atoms with van der Waals surface area (Å²) in [5.41, 5.74) is 1.43. The Bertz CT molecular complexity index is 936. The van der Waals surface area contributed by atoms with Gasteiger partial charge < -0.3 is 25.9 Å². The molecule has 0 spiro atoms. The van der Waals surface area contributed by atoms with Crippen LogP contribution in [0.3, 0.4) is 0 Å². The lowest BCUT2D eigenvalue weighted by atomic mass is 10.0. The van der Waals surface area contributed by atoms with Crippen LogP contribution < -0.4 is 16.0 Å². The van der Waals surface area contributed by atoms with Gasteiger partial charge in [0.25, 0.3) is 0 Å². The molecule has 0 saturated heterocycles. The van der Waals surface area contributed by atoms with E-state index in [9.17, 15) is 19.2 Å². The number of aliphatic carboxylic acids is 1. The summed E-state index contributed by atoms with van der Waals surface area (Å²) < 4.78 is 0. The molecule has 0 aliphatic rings. The summed E-state index contributed by atoms with van der Waals surface area (Å²) in [6, 6.07) is 11.8. The third-order valence-electron chi connectivity index (χ3n) is 4.23. The third kappa shape index (κ3) is 6.17. The summed E-state index contributed by atoms with van der Waals surface area (Å²) in [7, 11) is 0. The average molecular weight is 397 g/mol. The topological polar surface area (TPSA) is 125 Å². The normalized spacial score (nSPS) is 12.4. The molecule has 0 unspecified atom stereocenters. The fraction of sp³-hybridized carbons (Fsp3) is 0.238. The molecule has 152 valence electrons. The van der Waals surface area contributed by atoms with Crippen LogP contribution in [0.25, 0.3) is 16.5 Å². The molecule has 0 saturated carbocycles. The van der Waals surface area contributed by atoms with Gasteiger partial charge in [-0.2, -0.15) is 0 Å². The average Bonchev–Trinajstić information content (AvgIpc) is 2.70. The molecule has 29 heavy (non-hydrogen) atoms. The molecular weight excluding hydrogens is 374 g/mol. The van der Waals surface area contributed by atoms with Gasteiger partial charge >= 0.3 is 5.97 Å². The van der Waals surface area contributed by atoms with Crippen molar-refractivity contribution in [2.75, 3.05) is 6.54 Å².